The normalized spacial score (nSPS) is 14.0. The van der Waals surface area contributed by atoms with Crippen molar-refractivity contribution in [2.45, 2.75) is 38.3 Å². The van der Waals surface area contributed by atoms with E-state index in [1.807, 2.05) is 36.4 Å². The van der Waals surface area contributed by atoms with E-state index in [0.717, 1.165) is 22.8 Å². The Morgan fingerprint density at radius 1 is 0.964 bits per heavy atom. The first-order valence-electron chi connectivity index (χ1n) is 9.88. The van der Waals surface area contributed by atoms with E-state index in [4.69, 9.17) is 14.7 Å². The summed E-state index contributed by atoms with van der Waals surface area (Å²) in [7, 11) is 1.68. The molecule has 0 spiro atoms. The van der Waals surface area contributed by atoms with Crippen LogP contribution in [-0.4, -0.2) is 23.1 Å². The van der Waals surface area contributed by atoms with Gasteiger partial charge in [0.1, 0.15) is 11.6 Å². The number of rotatable bonds is 7. The zero-order valence-electron chi connectivity index (χ0n) is 16.2. The van der Waals surface area contributed by atoms with E-state index in [-0.39, 0.29) is 0 Å². The first kappa shape index (κ1) is 18.3. The molecular weight excluding hydrogens is 348 g/mol. The third kappa shape index (κ3) is 4.60. The molecule has 5 nitrogen and oxygen atoms in total. The van der Waals surface area contributed by atoms with Gasteiger partial charge in [-0.25, -0.2) is 4.98 Å². The number of hydrogen-bond acceptors (Lipinski definition) is 5. The molecule has 0 aliphatic heterocycles. The van der Waals surface area contributed by atoms with Crippen LogP contribution in [0, 0.1) is 0 Å². The molecule has 1 saturated carbocycles. The Labute approximate surface area is 166 Å². The maximum atomic E-state index is 5.23. The molecule has 4 rings (SSSR count). The summed E-state index contributed by atoms with van der Waals surface area (Å²) in [6.45, 7) is 0.693. The second-order valence-corrected chi connectivity index (χ2v) is 7.16. The molecule has 0 unspecified atom stereocenters. The van der Waals surface area contributed by atoms with Gasteiger partial charge < -0.3 is 15.4 Å². The molecule has 0 radical (unpaired) electrons. The third-order valence-electron chi connectivity index (χ3n) is 5.12. The first-order valence-corrected chi connectivity index (χ1v) is 9.88. The molecule has 1 heterocycles. The topological polar surface area (TPSA) is 59.1 Å². The van der Waals surface area contributed by atoms with Crippen molar-refractivity contribution in [3.63, 3.8) is 0 Å². The van der Waals surface area contributed by atoms with Crippen molar-refractivity contribution in [1.82, 2.24) is 9.97 Å². The largest absolute Gasteiger partial charge is 0.497 e. The maximum Gasteiger partial charge on any atom is 0.225 e. The van der Waals surface area contributed by atoms with Gasteiger partial charge >= 0.3 is 0 Å². The average Bonchev–Trinajstić information content (AvgIpc) is 3.26. The molecule has 0 atom stereocenters. The Bertz CT molecular complexity index is 890. The molecule has 5 heteroatoms. The Morgan fingerprint density at radius 2 is 1.71 bits per heavy atom. The van der Waals surface area contributed by atoms with Crippen LogP contribution in [0.25, 0.3) is 11.3 Å². The van der Waals surface area contributed by atoms with E-state index in [9.17, 15) is 0 Å². The van der Waals surface area contributed by atoms with Crippen molar-refractivity contribution in [2.24, 2.45) is 0 Å². The van der Waals surface area contributed by atoms with Crippen molar-refractivity contribution in [2.75, 3.05) is 17.7 Å². The van der Waals surface area contributed by atoms with E-state index in [1.165, 1.54) is 31.2 Å². The Hall–Kier alpha value is -3.08. The van der Waals surface area contributed by atoms with Gasteiger partial charge in [0.25, 0.3) is 0 Å². The van der Waals surface area contributed by atoms with Crippen LogP contribution in [0.15, 0.2) is 60.7 Å². The lowest BCUT2D eigenvalue weighted by Crippen LogP contribution is -2.17. The van der Waals surface area contributed by atoms with Crippen molar-refractivity contribution in [1.29, 1.82) is 0 Å². The molecule has 2 N–H and O–H groups in total. The van der Waals surface area contributed by atoms with Gasteiger partial charge in [-0.1, -0.05) is 55.3 Å². The van der Waals surface area contributed by atoms with E-state index in [2.05, 4.69) is 34.9 Å². The van der Waals surface area contributed by atoms with Gasteiger partial charge in [0, 0.05) is 24.2 Å². The highest BCUT2D eigenvalue weighted by atomic mass is 16.5. The Kier molecular flexibility index (Phi) is 5.71. The molecule has 2 aromatic carbocycles. The van der Waals surface area contributed by atoms with E-state index in [0.29, 0.717) is 18.5 Å². The van der Waals surface area contributed by atoms with Crippen LogP contribution < -0.4 is 15.4 Å². The predicted molar refractivity (Wildman–Crippen MR) is 114 cm³/mol. The highest BCUT2D eigenvalue weighted by Gasteiger charge is 2.16. The van der Waals surface area contributed by atoms with Crippen LogP contribution >= 0.6 is 0 Å². The van der Waals surface area contributed by atoms with Crippen LogP contribution in [0.1, 0.15) is 31.2 Å². The van der Waals surface area contributed by atoms with Gasteiger partial charge in [0.15, 0.2) is 0 Å². The number of anilines is 2. The van der Waals surface area contributed by atoms with Gasteiger partial charge in [-0.15, -0.1) is 0 Å². The van der Waals surface area contributed by atoms with Crippen LogP contribution in [0.3, 0.4) is 0 Å². The SMILES string of the molecule is COc1ccc(CNc2cc(-c3ccccc3)nc(NC3CCCC3)n2)cc1. The minimum atomic E-state index is 0.473. The zero-order chi connectivity index (χ0) is 19.2. The summed E-state index contributed by atoms with van der Waals surface area (Å²) in [5.41, 5.74) is 3.19. The fourth-order valence-corrected chi connectivity index (χ4v) is 3.55. The monoisotopic (exact) mass is 374 g/mol. The van der Waals surface area contributed by atoms with Crippen molar-refractivity contribution in [3.05, 3.63) is 66.2 Å². The number of nitrogens with one attached hydrogen (secondary N) is 2. The Balaban J connectivity index is 1.55. The lowest BCUT2D eigenvalue weighted by molar-refractivity contribution is 0.414. The van der Waals surface area contributed by atoms with E-state index in [1.54, 1.807) is 7.11 Å². The maximum absolute atomic E-state index is 5.23. The highest BCUT2D eigenvalue weighted by Crippen LogP contribution is 2.25. The van der Waals surface area contributed by atoms with Gasteiger partial charge in [0.05, 0.1) is 12.8 Å². The lowest BCUT2D eigenvalue weighted by Gasteiger charge is -2.15. The molecule has 1 fully saturated rings. The molecule has 1 aromatic heterocycles. The molecule has 28 heavy (non-hydrogen) atoms. The van der Waals surface area contributed by atoms with Crippen molar-refractivity contribution >= 4 is 11.8 Å². The summed E-state index contributed by atoms with van der Waals surface area (Å²) < 4.78 is 5.23. The van der Waals surface area contributed by atoms with Crippen molar-refractivity contribution in [3.8, 4) is 17.0 Å². The van der Waals surface area contributed by atoms with E-state index >= 15 is 0 Å². The van der Waals surface area contributed by atoms with Gasteiger partial charge in [-0.05, 0) is 30.5 Å². The fourth-order valence-electron chi connectivity index (χ4n) is 3.55. The second-order valence-electron chi connectivity index (χ2n) is 7.16. The molecule has 0 amide bonds. The number of ether oxygens (including phenoxy) is 1. The molecule has 1 aliphatic rings. The zero-order valence-corrected chi connectivity index (χ0v) is 16.2. The minimum absolute atomic E-state index is 0.473. The van der Waals surface area contributed by atoms with Gasteiger partial charge in [-0.3, -0.25) is 0 Å². The first-order chi connectivity index (χ1) is 13.8. The standard InChI is InChI=1S/C23H26N4O/c1-28-20-13-11-17(12-14-20)16-24-22-15-21(18-7-3-2-4-8-18)26-23(27-22)25-19-9-5-6-10-19/h2-4,7-8,11-15,19H,5-6,9-10,16H2,1H3,(H2,24,25,26,27). The molecule has 0 saturated heterocycles. The molecule has 1 aliphatic carbocycles. The van der Waals surface area contributed by atoms with E-state index < -0.39 is 0 Å². The van der Waals surface area contributed by atoms with Gasteiger partial charge in [-0.2, -0.15) is 4.98 Å². The fraction of sp³-hybridized carbons (Fsp3) is 0.304. The minimum Gasteiger partial charge on any atom is -0.497 e. The summed E-state index contributed by atoms with van der Waals surface area (Å²) in [6, 6.07) is 20.8. The molecule has 0 bridgehead atoms. The average molecular weight is 374 g/mol. The van der Waals surface area contributed by atoms with Crippen LogP contribution in [0.5, 0.6) is 5.75 Å². The smallest absolute Gasteiger partial charge is 0.225 e. The second kappa shape index (κ2) is 8.74. The third-order valence-corrected chi connectivity index (χ3v) is 5.12. The number of benzene rings is 2. The van der Waals surface area contributed by atoms with Gasteiger partial charge in [0.2, 0.25) is 5.95 Å². The number of aromatic nitrogens is 2. The number of methoxy groups -OCH3 is 1. The summed E-state index contributed by atoms with van der Waals surface area (Å²) >= 11 is 0. The summed E-state index contributed by atoms with van der Waals surface area (Å²) in [5, 5.41) is 6.97. The van der Waals surface area contributed by atoms with Crippen LogP contribution in [0.2, 0.25) is 0 Å². The summed E-state index contributed by atoms with van der Waals surface area (Å²) in [6.07, 6.45) is 4.93. The molecular formula is C23H26N4O. The number of hydrogen-bond donors (Lipinski definition) is 2. The highest BCUT2D eigenvalue weighted by molar-refractivity contribution is 5.64. The number of nitrogens with zero attached hydrogens (tertiary/aromatic N) is 2. The van der Waals surface area contributed by atoms with Crippen LogP contribution in [-0.2, 0) is 6.54 Å². The summed E-state index contributed by atoms with van der Waals surface area (Å²) in [5.74, 6) is 2.39. The lowest BCUT2D eigenvalue weighted by atomic mass is 10.1. The predicted octanol–water partition coefficient (Wildman–Crippen LogP) is 5.12. The Morgan fingerprint density at radius 3 is 2.43 bits per heavy atom. The summed E-state index contributed by atoms with van der Waals surface area (Å²) in [4.78, 5) is 9.48. The quantitative estimate of drug-likeness (QED) is 0.601. The molecule has 3 aromatic rings. The van der Waals surface area contributed by atoms with Crippen LogP contribution in [0.4, 0.5) is 11.8 Å². The van der Waals surface area contributed by atoms with Crippen molar-refractivity contribution < 1.29 is 4.74 Å². The molecule has 144 valence electrons.